The molecule has 3 amide bonds. The number of nitrogens with one attached hydrogen (secondary N) is 3. The molecular weight excluding hydrogens is 606 g/mol. The number of ether oxygens (including phenoxy) is 2. The quantitative estimate of drug-likeness (QED) is 0.190. The Morgan fingerprint density at radius 3 is 2.61 bits per heavy atom. The Morgan fingerprint density at radius 1 is 1.04 bits per heavy atom. The van der Waals surface area contributed by atoms with Crippen molar-refractivity contribution >= 4 is 40.7 Å². The van der Waals surface area contributed by atoms with Crippen LogP contribution in [0.25, 0.3) is 21.6 Å². The fourth-order valence-corrected chi connectivity index (χ4v) is 6.26. The maximum atomic E-state index is 14.4. The zero-order valence-corrected chi connectivity index (χ0v) is 26.4. The summed E-state index contributed by atoms with van der Waals surface area (Å²) in [5, 5.41) is 9.48. The highest BCUT2D eigenvalue weighted by atomic mass is 32.1. The summed E-state index contributed by atoms with van der Waals surface area (Å²) >= 11 is 1.49. The average molecular weight is 645 g/mol. The first kappa shape index (κ1) is 28.4. The summed E-state index contributed by atoms with van der Waals surface area (Å²) in [7, 11) is 1.18. The number of rotatable bonds is 9. The number of amides is 3. The van der Waals surface area contributed by atoms with Crippen molar-refractivity contribution in [3.63, 3.8) is 0 Å². The van der Waals surface area contributed by atoms with Crippen LogP contribution in [0.4, 0.5) is 5.69 Å². The molecule has 0 atom stereocenters. The third-order valence-corrected chi connectivity index (χ3v) is 8.53. The minimum absolute atomic E-state index is 0.0154. The Kier molecular flexibility index (Phi) is 8.60. The Balaban J connectivity index is 1.71. The van der Waals surface area contributed by atoms with E-state index in [1.54, 1.807) is 25.1 Å². The van der Waals surface area contributed by atoms with E-state index in [1.165, 1.54) is 36.6 Å². The third kappa shape index (κ3) is 6.35. The van der Waals surface area contributed by atoms with Gasteiger partial charge in [-0.3, -0.25) is 14.4 Å². The van der Waals surface area contributed by atoms with E-state index >= 15 is 0 Å². The van der Waals surface area contributed by atoms with E-state index < -0.39 is 30.7 Å². The molecule has 1 aliphatic rings. The molecule has 5 N–H and O–H groups in total. The van der Waals surface area contributed by atoms with Crippen LogP contribution in [-0.4, -0.2) is 55.9 Å². The van der Waals surface area contributed by atoms with Gasteiger partial charge >= 0.3 is 5.97 Å². The van der Waals surface area contributed by atoms with Crippen molar-refractivity contribution in [1.29, 1.82) is 0 Å². The minimum Gasteiger partial charge on any atom is -0.493 e. The lowest BCUT2D eigenvalue weighted by atomic mass is 9.93. The Bertz CT molecular complexity index is 1960. The van der Waals surface area contributed by atoms with Gasteiger partial charge in [0.05, 0.1) is 25.0 Å². The zero-order chi connectivity index (χ0) is 35.5. The summed E-state index contributed by atoms with van der Waals surface area (Å²) in [6.45, 7) is 1.62. The molecule has 4 aromatic rings. The van der Waals surface area contributed by atoms with Crippen LogP contribution in [0.5, 0.6) is 5.75 Å². The number of hydrogen-bond acceptors (Lipinski definition) is 9. The summed E-state index contributed by atoms with van der Waals surface area (Å²) in [6.07, 6.45) is 1.33. The normalized spacial score (nSPS) is 13.0. The van der Waals surface area contributed by atoms with Gasteiger partial charge < -0.3 is 31.2 Å². The maximum Gasteiger partial charge on any atom is 0.357 e. The molecule has 0 saturated carbocycles. The summed E-state index contributed by atoms with van der Waals surface area (Å²) in [4.78, 5) is 58.8. The van der Waals surface area contributed by atoms with Gasteiger partial charge in [-0.1, -0.05) is 13.0 Å². The lowest BCUT2D eigenvalue weighted by molar-refractivity contribution is 0.0594. The molecule has 0 spiro atoms. The van der Waals surface area contributed by atoms with E-state index in [9.17, 15) is 19.2 Å². The minimum atomic E-state index is -2.79. The highest BCUT2D eigenvalue weighted by molar-refractivity contribution is 7.13. The van der Waals surface area contributed by atoms with E-state index in [-0.39, 0.29) is 45.9 Å². The lowest BCUT2D eigenvalue weighted by Crippen LogP contribution is -2.26. The van der Waals surface area contributed by atoms with Crippen LogP contribution in [0.2, 0.25) is 0 Å². The topological polar surface area (TPSA) is 162 Å². The van der Waals surface area contributed by atoms with Gasteiger partial charge in [0.15, 0.2) is 5.69 Å². The van der Waals surface area contributed by atoms with E-state index in [2.05, 4.69) is 15.6 Å². The molecule has 0 saturated heterocycles. The number of pyridine rings is 1. The smallest absolute Gasteiger partial charge is 0.357 e. The van der Waals surface area contributed by atoms with Crippen LogP contribution in [0.1, 0.15) is 75.8 Å². The van der Waals surface area contributed by atoms with Crippen LogP contribution in [0.3, 0.4) is 0 Å². The molecule has 0 bridgehead atoms. The molecule has 2 aromatic heterocycles. The monoisotopic (exact) mass is 644 g/mol. The van der Waals surface area contributed by atoms with Crippen molar-refractivity contribution in [2.75, 3.05) is 32.6 Å². The fourth-order valence-electron chi connectivity index (χ4n) is 5.28. The van der Waals surface area contributed by atoms with Crippen molar-refractivity contribution in [3.8, 4) is 27.3 Å². The molecule has 0 fully saturated rings. The number of aromatic nitrogens is 1. The molecule has 238 valence electrons. The Morgan fingerprint density at radius 2 is 1.87 bits per heavy atom. The molecule has 3 heterocycles. The molecule has 11 nitrogen and oxygen atoms in total. The van der Waals surface area contributed by atoms with Crippen LogP contribution >= 0.6 is 11.3 Å². The first-order valence-corrected chi connectivity index (χ1v) is 15.5. The van der Waals surface area contributed by atoms with Crippen molar-refractivity contribution in [2.45, 2.75) is 33.2 Å². The maximum absolute atomic E-state index is 14.4. The molecule has 0 aliphatic carbocycles. The standard InChI is InChI=1S/C34H35N5O6S/c1-5-10-37-33(42)26-7-6-21(29(38-26)34(43)44-4)22-16-27-24(30-20(8-11-45-27)9-12-46-30)15-23(22)32(41)39-28-18(2)13-19(17-35)14-25(28)31(40)36-3/h6-7,9,12-16H,5,8,10-11,17,35H2,1-4H3,(H,36,40)(H,37,42)(H,39,41)/i3D3. The van der Waals surface area contributed by atoms with E-state index in [4.69, 9.17) is 19.3 Å². The molecule has 46 heavy (non-hydrogen) atoms. The van der Waals surface area contributed by atoms with E-state index in [0.29, 0.717) is 48.4 Å². The van der Waals surface area contributed by atoms with Gasteiger partial charge in [0.1, 0.15) is 11.4 Å². The number of methoxy groups -OCH3 is 1. The van der Waals surface area contributed by atoms with Crippen molar-refractivity contribution in [2.24, 2.45) is 5.73 Å². The van der Waals surface area contributed by atoms with Crippen molar-refractivity contribution in [1.82, 2.24) is 15.6 Å². The highest BCUT2D eigenvalue weighted by Gasteiger charge is 2.28. The Hall–Kier alpha value is -5.07. The molecular formula is C34H35N5O6S. The predicted molar refractivity (Wildman–Crippen MR) is 177 cm³/mol. The fraction of sp³-hybridized carbons (Fsp3) is 0.265. The summed E-state index contributed by atoms with van der Waals surface area (Å²) in [5.74, 6) is -2.45. The number of carbonyl (C=O) groups is 4. The summed E-state index contributed by atoms with van der Waals surface area (Å²) < 4.78 is 33.8. The Labute approximate surface area is 274 Å². The highest BCUT2D eigenvalue weighted by Crippen LogP contribution is 2.43. The number of carbonyl (C=O) groups excluding carboxylic acids is 4. The first-order chi connectivity index (χ1) is 23.3. The number of benzene rings is 2. The van der Waals surface area contributed by atoms with Crippen LogP contribution in [0, 0.1) is 6.92 Å². The van der Waals surface area contributed by atoms with Crippen LogP contribution < -0.4 is 26.4 Å². The van der Waals surface area contributed by atoms with Gasteiger partial charge in [0.25, 0.3) is 17.7 Å². The van der Waals surface area contributed by atoms with Gasteiger partial charge in [-0.25, -0.2) is 9.78 Å². The second kappa shape index (κ2) is 13.9. The number of thiophene rings is 1. The lowest BCUT2D eigenvalue weighted by Gasteiger charge is -2.19. The summed E-state index contributed by atoms with van der Waals surface area (Å²) in [5.41, 5.74) is 8.84. The molecule has 2 aromatic carbocycles. The zero-order valence-electron chi connectivity index (χ0n) is 28.5. The average Bonchev–Trinajstić information content (AvgIpc) is 3.47. The van der Waals surface area contributed by atoms with Gasteiger partial charge in [0, 0.05) is 57.7 Å². The molecule has 1 aliphatic heterocycles. The van der Waals surface area contributed by atoms with E-state index in [0.717, 1.165) is 10.4 Å². The molecule has 0 radical (unpaired) electrons. The number of nitrogens with two attached hydrogens (primary N) is 1. The van der Waals surface area contributed by atoms with Gasteiger partial charge in [-0.05, 0) is 71.8 Å². The number of aryl methyl sites for hydroxylation is 1. The number of anilines is 1. The number of esters is 1. The predicted octanol–water partition coefficient (Wildman–Crippen LogP) is 4.72. The second-order valence-corrected chi connectivity index (χ2v) is 11.5. The van der Waals surface area contributed by atoms with Crippen LogP contribution in [0.15, 0.2) is 47.8 Å². The SMILES string of the molecule is [2H]C([2H])([2H])NC(=O)c1cc(CN)cc(C)c1NC(=O)c1cc2c(cc1-c1ccc(C(=O)NCCC)nc1C(=O)OC)OCCc1ccsc1-2. The largest absolute Gasteiger partial charge is 0.493 e. The van der Waals surface area contributed by atoms with Crippen molar-refractivity contribution < 1.29 is 32.8 Å². The number of nitrogens with zero attached hydrogens (tertiary/aromatic N) is 1. The number of fused-ring (bicyclic) bond motifs is 3. The van der Waals surface area contributed by atoms with Gasteiger partial charge in [0.2, 0.25) is 0 Å². The van der Waals surface area contributed by atoms with Gasteiger partial charge in [-0.2, -0.15) is 0 Å². The second-order valence-electron chi connectivity index (χ2n) is 10.6. The van der Waals surface area contributed by atoms with E-state index in [1.807, 2.05) is 23.7 Å². The first-order valence-electron chi connectivity index (χ1n) is 16.1. The summed E-state index contributed by atoms with van der Waals surface area (Å²) in [6, 6.07) is 11.4. The third-order valence-electron chi connectivity index (χ3n) is 7.54. The van der Waals surface area contributed by atoms with Gasteiger partial charge in [-0.15, -0.1) is 11.3 Å². The van der Waals surface area contributed by atoms with Crippen LogP contribution in [-0.2, 0) is 17.7 Å². The number of hydrogen-bond donors (Lipinski definition) is 4. The van der Waals surface area contributed by atoms with Crippen molar-refractivity contribution in [3.05, 3.63) is 87.0 Å². The molecule has 0 unspecified atom stereocenters. The molecule has 5 rings (SSSR count). The molecule has 12 heteroatoms.